The van der Waals surface area contributed by atoms with Crippen molar-refractivity contribution < 1.29 is 9.53 Å². The van der Waals surface area contributed by atoms with Gasteiger partial charge in [-0.1, -0.05) is 39.1 Å². The number of benzene rings is 2. The van der Waals surface area contributed by atoms with E-state index >= 15 is 0 Å². The van der Waals surface area contributed by atoms with Crippen LogP contribution in [0.2, 0.25) is 10.0 Å². The molecule has 0 amide bonds. The van der Waals surface area contributed by atoms with E-state index in [9.17, 15) is 4.79 Å². The quantitative estimate of drug-likeness (QED) is 0.652. The van der Waals surface area contributed by atoms with Crippen molar-refractivity contribution in [1.29, 1.82) is 0 Å². The van der Waals surface area contributed by atoms with Gasteiger partial charge in [-0.3, -0.25) is 4.79 Å². The molecule has 0 spiro atoms. The first kappa shape index (κ1) is 14.4. The SMILES string of the molecule is CC(=O)c1ccc(Oc2cc(Br)ccc2Cl)cc1Cl. The Balaban J connectivity index is 2.31. The van der Waals surface area contributed by atoms with Crippen molar-refractivity contribution in [3.63, 3.8) is 0 Å². The number of Topliss-reactive ketones (excluding diaryl/α,β-unsaturated/α-hetero) is 1. The van der Waals surface area contributed by atoms with Crippen molar-refractivity contribution in [1.82, 2.24) is 0 Å². The Morgan fingerprint density at radius 2 is 1.84 bits per heavy atom. The van der Waals surface area contributed by atoms with Gasteiger partial charge in [0.15, 0.2) is 5.78 Å². The third kappa shape index (κ3) is 3.50. The Labute approximate surface area is 129 Å². The molecule has 0 saturated heterocycles. The molecule has 0 aromatic heterocycles. The molecule has 98 valence electrons. The van der Waals surface area contributed by atoms with Crippen LogP contribution in [0.4, 0.5) is 0 Å². The summed E-state index contributed by atoms with van der Waals surface area (Å²) in [6, 6.07) is 10.2. The van der Waals surface area contributed by atoms with Crippen molar-refractivity contribution in [2.24, 2.45) is 0 Å². The van der Waals surface area contributed by atoms with Gasteiger partial charge in [0.05, 0.1) is 10.0 Å². The number of hydrogen-bond donors (Lipinski definition) is 0. The summed E-state index contributed by atoms with van der Waals surface area (Å²) < 4.78 is 6.51. The van der Waals surface area contributed by atoms with Crippen LogP contribution in [0.15, 0.2) is 40.9 Å². The van der Waals surface area contributed by atoms with Gasteiger partial charge in [0, 0.05) is 16.1 Å². The molecule has 5 heteroatoms. The summed E-state index contributed by atoms with van der Waals surface area (Å²) in [5.41, 5.74) is 0.467. The zero-order valence-electron chi connectivity index (χ0n) is 9.91. The van der Waals surface area contributed by atoms with Crippen molar-refractivity contribution >= 4 is 44.9 Å². The molecule has 0 atom stereocenters. The molecule has 0 aliphatic carbocycles. The summed E-state index contributed by atoms with van der Waals surface area (Å²) in [7, 11) is 0. The second kappa shape index (κ2) is 5.95. The molecule has 2 nitrogen and oxygen atoms in total. The Kier molecular flexibility index (Phi) is 4.50. The van der Waals surface area contributed by atoms with Gasteiger partial charge in [0.2, 0.25) is 0 Å². The van der Waals surface area contributed by atoms with Crippen molar-refractivity contribution in [2.75, 3.05) is 0 Å². The lowest BCUT2D eigenvalue weighted by Crippen LogP contribution is -1.94. The number of halogens is 3. The molecule has 0 saturated carbocycles. The largest absolute Gasteiger partial charge is 0.456 e. The lowest BCUT2D eigenvalue weighted by molar-refractivity contribution is 0.101. The van der Waals surface area contributed by atoms with Crippen LogP contribution >= 0.6 is 39.1 Å². The molecular formula is C14H9BrCl2O2. The average molecular weight is 360 g/mol. The van der Waals surface area contributed by atoms with Crippen LogP contribution in [-0.4, -0.2) is 5.78 Å². The van der Waals surface area contributed by atoms with Crippen LogP contribution in [0.3, 0.4) is 0 Å². The van der Waals surface area contributed by atoms with E-state index in [2.05, 4.69) is 15.9 Å². The van der Waals surface area contributed by atoms with Crippen LogP contribution in [0.5, 0.6) is 11.5 Å². The number of ether oxygens (including phenoxy) is 1. The van der Waals surface area contributed by atoms with Gasteiger partial charge in [0.25, 0.3) is 0 Å². The smallest absolute Gasteiger partial charge is 0.161 e. The number of carbonyl (C=O) groups excluding carboxylic acids is 1. The molecule has 2 aromatic rings. The normalized spacial score (nSPS) is 10.3. The topological polar surface area (TPSA) is 26.3 Å². The van der Waals surface area contributed by atoms with Crippen LogP contribution in [-0.2, 0) is 0 Å². The highest BCUT2D eigenvalue weighted by Crippen LogP contribution is 2.33. The van der Waals surface area contributed by atoms with Gasteiger partial charge in [-0.05, 0) is 37.3 Å². The van der Waals surface area contributed by atoms with Crippen LogP contribution < -0.4 is 4.74 Å². The highest BCUT2D eigenvalue weighted by atomic mass is 79.9. The minimum Gasteiger partial charge on any atom is -0.456 e. The minimum atomic E-state index is -0.0861. The van der Waals surface area contributed by atoms with Gasteiger partial charge in [-0.2, -0.15) is 0 Å². The fourth-order valence-electron chi connectivity index (χ4n) is 1.53. The highest BCUT2D eigenvalue weighted by Gasteiger charge is 2.09. The maximum absolute atomic E-state index is 11.3. The molecule has 0 fully saturated rings. The lowest BCUT2D eigenvalue weighted by atomic mass is 10.1. The maximum atomic E-state index is 11.3. The molecule has 0 heterocycles. The van der Waals surface area contributed by atoms with Crippen molar-refractivity contribution in [3.8, 4) is 11.5 Å². The summed E-state index contributed by atoms with van der Waals surface area (Å²) in [6.45, 7) is 1.47. The predicted octanol–water partition coefficient (Wildman–Crippen LogP) is 5.75. The molecule has 0 bridgehead atoms. The second-order valence-electron chi connectivity index (χ2n) is 3.87. The van der Waals surface area contributed by atoms with E-state index in [-0.39, 0.29) is 5.78 Å². The lowest BCUT2D eigenvalue weighted by Gasteiger charge is -2.09. The fourth-order valence-corrected chi connectivity index (χ4v) is 2.33. The molecule has 0 unspecified atom stereocenters. The summed E-state index contributed by atoms with van der Waals surface area (Å²) in [5, 5.41) is 0.853. The third-order valence-corrected chi connectivity index (χ3v) is 3.56. The Morgan fingerprint density at radius 1 is 1.11 bits per heavy atom. The van der Waals surface area contributed by atoms with Gasteiger partial charge in [-0.25, -0.2) is 0 Å². The first-order valence-electron chi connectivity index (χ1n) is 5.41. The predicted molar refractivity (Wildman–Crippen MR) is 80.7 cm³/mol. The highest BCUT2D eigenvalue weighted by molar-refractivity contribution is 9.10. The fraction of sp³-hybridized carbons (Fsp3) is 0.0714. The van der Waals surface area contributed by atoms with Gasteiger partial charge in [0.1, 0.15) is 11.5 Å². The average Bonchev–Trinajstić information content (AvgIpc) is 2.33. The van der Waals surface area contributed by atoms with Crippen LogP contribution in [0.1, 0.15) is 17.3 Å². The van der Waals surface area contributed by atoms with E-state index < -0.39 is 0 Å². The van der Waals surface area contributed by atoms with Gasteiger partial charge in [-0.15, -0.1) is 0 Å². The number of carbonyl (C=O) groups is 1. The summed E-state index contributed by atoms with van der Waals surface area (Å²) in [4.78, 5) is 11.3. The maximum Gasteiger partial charge on any atom is 0.161 e. The van der Waals surface area contributed by atoms with E-state index in [1.54, 1.807) is 30.3 Å². The van der Waals surface area contributed by atoms with Gasteiger partial charge >= 0.3 is 0 Å². The number of rotatable bonds is 3. The van der Waals surface area contributed by atoms with E-state index in [1.807, 2.05) is 6.07 Å². The molecule has 0 N–H and O–H groups in total. The van der Waals surface area contributed by atoms with E-state index in [4.69, 9.17) is 27.9 Å². The molecule has 0 radical (unpaired) electrons. The van der Waals surface area contributed by atoms with Crippen LogP contribution in [0.25, 0.3) is 0 Å². The first-order chi connectivity index (χ1) is 8.97. The molecule has 2 aromatic carbocycles. The molecule has 0 aliphatic rings. The zero-order valence-corrected chi connectivity index (χ0v) is 13.0. The number of hydrogen-bond acceptors (Lipinski definition) is 2. The molecule has 2 rings (SSSR count). The van der Waals surface area contributed by atoms with Crippen molar-refractivity contribution in [2.45, 2.75) is 6.92 Å². The van der Waals surface area contributed by atoms with Gasteiger partial charge < -0.3 is 4.74 Å². The Bertz CT molecular complexity index is 641. The summed E-state index contributed by atoms with van der Waals surface area (Å²) in [6.07, 6.45) is 0. The zero-order chi connectivity index (χ0) is 14.0. The first-order valence-corrected chi connectivity index (χ1v) is 6.95. The second-order valence-corrected chi connectivity index (χ2v) is 5.60. The molecular weight excluding hydrogens is 351 g/mol. The van der Waals surface area contributed by atoms with E-state index in [0.29, 0.717) is 27.1 Å². The summed E-state index contributed by atoms with van der Waals surface area (Å²) in [5.74, 6) is 0.953. The Morgan fingerprint density at radius 3 is 2.47 bits per heavy atom. The molecule has 0 aliphatic heterocycles. The van der Waals surface area contributed by atoms with E-state index in [1.165, 1.54) is 6.92 Å². The standard InChI is InChI=1S/C14H9BrCl2O2/c1-8(18)11-4-3-10(7-13(11)17)19-14-6-9(15)2-5-12(14)16/h2-7H,1H3. The number of ketones is 1. The Hall–Kier alpha value is -1.03. The minimum absolute atomic E-state index is 0.0861. The van der Waals surface area contributed by atoms with Crippen molar-refractivity contribution in [3.05, 3.63) is 56.5 Å². The monoisotopic (exact) mass is 358 g/mol. The molecule has 19 heavy (non-hydrogen) atoms. The van der Waals surface area contributed by atoms with E-state index in [0.717, 1.165) is 4.47 Å². The third-order valence-electron chi connectivity index (χ3n) is 2.44. The summed E-state index contributed by atoms with van der Waals surface area (Å²) >= 11 is 15.4. The van der Waals surface area contributed by atoms with Crippen LogP contribution in [0, 0.1) is 0 Å².